The summed E-state index contributed by atoms with van der Waals surface area (Å²) in [5.74, 6) is -2.09. The zero-order valence-electron chi connectivity index (χ0n) is 12.1. The molecule has 0 bridgehead atoms. The number of halogens is 6. The Labute approximate surface area is 147 Å². The normalized spacial score (nSPS) is 15.8. The van der Waals surface area contributed by atoms with Crippen LogP contribution in [0.25, 0.3) is 0 Å². The van der Waals surface area contributed by atoms with Crippen LogP contribution in [0.15, 0.2) is 17.1 Å². The second-order valence-corrected chi connectivity index (χ2v) is 5.30. The lowest BCUT2D eigenvalue weighted by molar-refractivity contribution is -0.140. The van der Waals surface area contributed by atoms with Crippen molar-refractivity contribution in [2.45, 2.75) is 32.0 Å². The molecule has 2 rings (SSSR count). The maximum Gasteiger partial charge on any atom is 0.419 e. The summed E-state index contributed by atoms with van der Waals surface area (Å²) in [4.78, 5) is 3.81. The average Bonchev–Trinajstić information content (AvgIpc) is 2.36. The van der Waals surface area contributed by atoms with Crippen LogP contribution in [0.3, 0.4) is 0 Å². The second kappa shape index (κ2) is 8.11. The Bertz CT molecular complexity index is 570. The highest BCUT2D eigenvalue weighted by Crippen LogP contribution is 2.32. The van der Waals surface area contributed by atoms with E-state index in [9.17, 15) is 22.0 Å². The van der Waals surface area contributed by atoms with E-state index in [1.165, 1.54) is 6.42 Å². The average molecular weight is 449 g/mol. The van der Waals surface area contributed by atoms with Crippen LogP contribution >= 0.6 is 24.0 Å². The van der Waals surface area contributed by atoms with Crippen molar-refractivity contribution in [2.75, 3.05) is 6.54 Å². The van der Waals surface area contributed by atoms with Gasteiger partial charge in [0.15, 0.2) is 5.96 Å². The molecule has 0 atom stereocenters. The molecule has 0 amide bonds. The predicted octanol–water partition coefficient (Wildman–Crippen LogP) is 3.81. The number of nitrogens with one attached hydrogen (secondary N) is 1. The lowest BCUT2D eigenvalue weighted by Crippen LogP contribution is -2.37. The number of nitrogens with two attached hydrogens (primary N) is 1. The molecular formula is C14H17F5IN3. The summed E-state index contributed by atoms with van der Waals surface area (Å²) in [5, 5.41) is 2.86. The molecule has 0 aromatic heterocycles. The van der Waals surface area contributed by atoms with Crippen LogP contribution in [0, 0.1) is 17.6 Å². The molecule has 0 unspecified atom stereocenters. The Balaban J connectivity index is 0.00000264. The molecule has 1 aliphatic carbocycles. The van der Waals surface area contributed by atoms with Crippen molar-refractivity contribution in [1.82, 2.24) is 5.32 Å². The molecule has 0 radical (unpaired) electrons. The highest BCUT2D eigenvalue weighted by molar-refractivity contribution is 14.0. The van der Waals surface area contributed by atoms with Crippen LogP contribution in [0.2, 0.25) is 0 Å². The fourth-order valence-corrected chi connectivity index (χ4v) is 2.10. The Morgan fingerprint density at radius 3 is 2.39 bits per heavy atom. The SMILES string of the molecule is I.NC(=NCc1cc(F)c(C(F)(F)F)cc1F)NCC1CCC1. The van der Waals surface area contributed by atoms with Gasteiger partial charge in [-0.2, -0.15) is 13.2 Å². The standard InChI is InChI=1S/C14H16F5N3.HI/c15-11-5-10(14(17,18)19)12(16)4-9(11)7-22-13(20)21-6-8-2-1-3-8;/h4-5,8H,1-3,6-7H2,(H3,20,21,22);1H. The van der Waals surface area contributed by atoms with Gasteiger partial charge in [0.05, 0.1) is 12.1 Å². The predicted molar refractivity (Wildman–Crippen MR) is 87.4 cm³/mol. The van der Waals surface area contributed by atoms with Crippen molar-refractivity contribution in [3.63, 3.8) is 0 Å². The van der Waals surface area contributed by atoms with Crippen LogP contribution < -0.4 is 11.1 Å². The fourth-order valence-electron chi connectivity index (χ4n) is 2.10. The van der Waals surface area contributed by atoms with Gasteiger partial charge in [0.2, 0.25) is 0 Å². The van der Waals surface area contributed by atoms with Gasteiger partial charge in [-0.05, 0) is 30.9 Å². The molecular weight excluding hydrogens is 432 g/mol. The first-order valence-corrected chi connectivity index (χ1v) is 6.86. The number of aliphatic imine (C=N–C) groups is 1. The van der Waals surface area contributed by atoms with Crippen LogP contribution in [-0.2, 0) is 12.7 Å². The summed E-state index contributed by atoms with van der Waals surface area (Å²) in [6.45, 7) is 0.323. The van der Waals surface area contributed by atoms with E-state index >= 15 is 0 Å². The highest BCUT2D eigenvalue weighted by Gasteiger charge is 2.35. The van der Waals surface area contributed by atoms with E-state index in [2.05, 4.69) is 10.3 Å². The first-order valence-electron chi connectivity index (χ1n) is 6.86. The molecule has 9 heteroatoms. The molecule has 0 aliphatic heterocycles. The van der Waals surface area contributed by atoms with Crippen molar-refractivity contribution < 1.29 is 22.0 Å². The van der Waals surface area contributed by atoms with E-state index in [1.807, 2.05) is 0 Å². The molecule has 3 N–H and O–H groups in total. The fraction of sp³-hybridized carbons (Fsp3) is 0.500. The van der Waals surface area contributed by atoms with Gasteiger partial charge in [-0.15, -0.1) is 24.0 Å². The topological polar surface area (TPSA) is 50.4 Å². The maximum atomic E-state index is 13.6. The number of hydrogen-bond donors (Lipinski definition) is 2. The van der Waals surface area contributed by atoms with Crippen LogP contribution in [0.1, 0.15) is 30.4 Å². The largest absolute Gasteiger partial charge is 0.419 e. The van der Waals surface area contributed by atoms with Crippen molar-refractivity contribution in [1.29, 1.82) is 0 Å². The molecule has 0 spiro atoms. The minimum atomic E-state index is -4.93. The third-order valence-corrected chi connectivity index (χ3v) is 3.66. The number of benzene rings is 1. The molecule has 3 nitrogen and oxygen atoms in total. The molecule has 1 aromatic carbocycles. The number of rotatable bonds is 4. The molecule has 1 aromatic rings. The van der Waals surface area contributed by atoms with Crippen molar-refractivity contribution in [3.8, 4) is 0 Å². The molecule has 23 heavy (non-hydrogen) atoms. The molecule has 1 saturated carbocycles. The third kappa shape index (κ3) is 5.47. The Morgan fingerprint density at radius 2 is 1.87 bits per heavy atom. The van der Waals surface area contributed by atoms with Gasteiger partial charge >= 0.3 is 6.18 Å². The monoisotopic (exact) mass is 449 g/mol. The summed E-state index contributed by atoms with van der Waals surface area (Å²) >= 11 is 0. The maximum absolute atomic E-state index is 13.6. The summed E-state index contributed by atoms with van der Waals surface area (Å²) in [5.41, 5.74) is 3.67. The number of alkyl halides is 3. The summed E-state index contributed by atoms with van der Waals surface area (Å²) in [6.07, 6.45) is -1.53. The Kier molecular flexibility index (Phi) is 7.02. The van der Waals surface area contributed by atoms with Crippen LogP contribution in [-0.4, -0.2) is 12.5 Å². The first-order chi connectivity index (χ1) is 10.3. The summed E-state index contributed by atoms with van der Waals surface area (Å²) in [7, 11) is 0. The van der Waals surface area contributed by atoms with Gasteiger partial charge in [-0.25, -0.2) is 13.8 Å². The molecule has 0 saturated heterocycles. The Hall–Kier alpha value is -1.13. The quantitative estimate of drug-likeness (QED) is 0.318. The number of guanidine groups is 1. The lowest BCUT2D eigenvalue weighted by Gasteiger charge is -2.25. The highest BCUT2D eigenvalue weighted by atomic mass is 127. The second-order valence-electron chi connectivity index (χ2n) is 5.30. The van der Waals surface area contributed by atoms with E-state index in [1.54, 1.807) is 0 Å². The first kappa shape index (κ1) is 19.9. The van der Waals surface area contributed by atoms with E-state index < -0.39 is 23.4 Å². The number of nitrogens with zero attached hydrogens (tertiary/aromatic N) is 1. The summed E-state index contributed by atoms with van der Waals surface area (Å²) in [6, 6.07) is 0.638. The van der Waals surface area contributed by atoms with Gasteiger partial charge < -0.3 is 11.1 Å². The van der Waals surface area contributed by atoms with Crippen molar-refractivity contribution in [3.05, 3.63) is 34.9 Å². The van der Waals surface area contributed by atoms with Gasteiger partial charge in [-0.1, -0.05) is 6.42 Å². The van der Waals surface area contributed by atoms with E-state index in [0.717, 1.165) is 12.8 Å². The van der Waals surface area contributed by atoms with E-state index in [4.69, 9.17) is 5.73 Å². The minimum Gasteiger partial charge on any atom is -0.370 e. The van der Waals surface area contributed by atoms with Gasteiger partial charge in [0.1, 0.15) is 11.6 Å². The smallest absolute Gasteiger partial charge is 0.370 e. The lowest BCUT2D eigenvalue weighted by atomic mass is 9.85. The molecule has 1 fully saturated rings. The zero-order chi connectivity index (χ0) is 16.3. The molecule has 1 aliphatic rings. The van der Waals surface area contributed by atoms with E-state index in [-0.39, 0.29) is 48.1 Å². The third-order valence-electron chi connectivity index (χ3n) is 3.66. The number of hydrogen-bond acceptors (Lipinski definition) is 1. The zero-order valence-corrected chi connectivity index (χ0v) is 14.4. The van der Waals surface area contributed by atoms with Gasteiger partial charge in [0.25, 0.3) is 0 Å². The van der Waals surface area contributed by atoms with Gasteiger partial charge in [0, 0.05) is 12.1 Å². The summed E-state index contributed by atoms with van der Waals surface area (Å²) < 4.78 is 64.2. The van der Waals surface area contributed by atoms with Gasteiger partial charge in [-0.3, -0.25) is 0 Å². The molecule has 130 valence electrons. The van der Waals surface area contributed by atoms with Crippen molar-refractivity contribution in [2.24, 2.45) is 16.6 Å². The van der Waals surface area contributed by atoms with E-state index in [0.29, 0.717) is 18.5 Å². The molecule has 0 heterocycles. The van der Waals surface area contributed by atoms with Crippen molar-refractivity contribution >= 4 is 29.9 Å². The van der Waals surface area contributed by atoms with Crippen LogP contribution in [0.4, 0.5) is 22.0 Å². The van der Waals surface area contributed by atoms with Crippen LogP contribution in [0.5, 0.6) is 0 Å². The minimum absolute atomic E-state index is 0. The Morgan fingerprint density at radius 1 is 1.22 bits per heavy atom.